The number of aryl methyl sites for hydroxylation is 1. The predicted octanol–water partition coefficient (Wildman–Crippen LogP) is 6.66. The van der Waals surface area contributed by atoms with Crippen molar-refractivity contribution in [3.8, 4) is 5.75 Å². The summed E-state index contributed by atoms with van der Waals surface area (Å²) in [4.78, 5) is 22.6. The van der Waals surface area contributed by atoms with E-state index in [1.54, 1.807) is 25.3 Å². The number of aromatic nitrogens is 2. The minimum absolute atomic E-state index is 0.0637. The zero-order chi connectivity index (χ0) is 26.3. The molecule has 1 aromatic carbocycles. The number of carboxylic acids is 1. The molecule has 0 radical (unpaired) electrons. The molecule has 8 heteroatoms. The molecule has 198 valence electrons. The molecule has 6 nitrogen and oxygen atoms in total. The molecule has 37 heavy (non-hydrogen) atoms. The summed E-state index contributed by atoms with van der Waals surface area (Å²) in [5.41, 5.74) is 1.95. The topological polar surface area (TPSA) is 75.6 Å². The van der Waals surface area contributed by atoms with E-state index >= 15 is 4.39 Å². The number of hydrogen-bond donors (Lipinski definition) is 1. The van der Waals surface area contributed by atoms with E-state index in [2.05, 4.69) is 27.0 Å². The van der Waals surface area contributed by atoms with E-state index in [9.17, 15) is 9.90 Å². The van der Waals surface area contributed by atoms with Gasteiger partial charge in [-0.05, 0) is 106 Å². The third kappa shape index (κ3) is 7.17. The number of nitrogens with zero attached hydrogens (tertiary/aromatic N) is 3. The number of benzene rings is 1. The fourth-order valence-electron chi connectivity index (χ4n) is 5.49. The fourth-order valence-corrected chi connectivity index (χ4v) is 5.76. The van der Waals surface area contributed by atoms with Gasteiger partial charge in [-0.25, -0.2) is 4.39 Å². The number of carboxylic acid groups (broad SMARTS) is 1. The van der Waals surface area contributed by atoms with Crippen LogP contribution in [0.2, 0.25) is 5.02 Å². The molecule has 0 aliphatic carbocycles. The maximum absolute atomic E-state index is 15.7. The zero-order valence-electron chi connectivity index (χ0n) is 21.3. The lowest BCUT2D eigenvalue weighted by Gasteiger charge is -2.41. The van der Waals surface area contributed by atoms with Crippen LogP contribution in [0.1, 0.15) is 62.2 Å². The largest absolute Gasteiger partial charge is 0.497 e. The summed E-state index contributed by atoms with van der Waals surface area (Å²) in [5.74, 6) is -0.209. The number of pyridine rings is 2. The quantitative estimate of drug-likeness (QED) is 0.265. The molecule has 1 atom stereocenters. The first-order valence-electron chi connectivity index (χ1n) is 13.0. The second kappa shape index (κ2) is 12.7. The molecule has 1 fully saturated rings. The summed E-state index contributed by atoms with van der Waals surface area (Å²) in [6, 6.07) is 9.44. The average molecular weight is 528 g/mol. The number of aliphatic carboxylic acids is 1. The molecule has 2 aromatic heterocycles. The summed E-state index contributed by atoms with van der Waals surface area (Å²) >= 11 is 6.41. The molecule has 3 heterocycles. The molecule has 4 rings (SSSR count). The molecule has 0 unspecified atom stereocenters. The zero-order valence-corrected chi connectivity index (χ0v) is 22.1. The molecular formula is C29H35ClFN3O3. The van der Waals surface area contributed by atoms with Gasteiger partial charge in [0.15, 0.2) is 0 Å². The first-order valence-corrected chi connectivity index (χ1v) is 13.4. The van der Waals surface area contributed by atoms with Crippen LogP contribution in [0.5, 0.6) is 5.75 Å². The molecule has 0 saturated carbocycles. The van der Waals surface area contributed by atoms with E-state index in [1.807, 2.05) is 12.4 Å². The first-order chi connectivity index (χ1) is 17.9. The number of fused-ring (bicyclic) bond motifs is 1. The van der Waals surface area contributed by atoms with Gasteiger partial charge in [-0.3, -0.25) is 14.8 Å². The standard InChI is InChI=1S/C29H35ClFN3O3/c1-37-22-5-6-26-23(18-22)28(24(30)20-33-26)25(31)7-10-29(19-27(35)36)11-16-34(17-12-29)15-3-2-4-21-8-13-32-14-9-21/h5-6,8-9,13-14,18,20,25H,2-4,7,10-12,15-17,19H2,1H3,(H,35,36)/t25-/m0/s1. The van der Waals surface area contributed by atoms with Crippen molar-refractivity contribution in [2.75, 3.05) is 26.7 Å². The van der Waals surface area contributed by atoms with Crippen LogP contribution in [0.4, 0.5) is 4.39 Å². The molecule has 0 spiro atoms. The van der Waals surface area contributed by atoms with Crippen LogP contribution in [0, 0.1) is 5.41 Å². The van der Waals surface area contributed by atoms with E-state index in [4.69, 9.17) is 16.3 Å². The van der Waals surface area contributed by atoms with Crippen LogP contribution in [-0.2, 0) is 11.2 Å². The highest BCUT2D eigenvalue weighted by Gasteiger charge is 2.37. The maximum atomic E-state index is 15.7. The van der Waals surface area contributed by atoms with Crippen LogP contribution in [-0.4, -0.2) is 52.7 Å². The summed E-state index contributed by atoms with van der Waals surface area (Å²) in [7, 11) is 1.56. The highest BCUT2D eigenvalue weighted by Crippen LogP contribution is 2.44. The van der Waals surface area contributed by atoms with Crippen molar-refractivity contribution in [3.05, 3.63) is 65.1 Å². The van der Waals surface area contributed by atoms with Crippen molar-refractivity contribution >= 4 is 28.5 Å². The Morgan fingerprint density at radius 3 is 2.68 bits per heavy atom. The van der Waals surface area contributed by atoms with Gasteiger partial charge in [0.05, 0.1) is 24.1 Å². The van der Waals surface area contributed by atoms with Gasteiger partial charge in [0.2, 0.25) is 0 Å². The van der Waals surface area contributed by atoms with Crippen molar-refractivity contribution in [1.82, 2.24) is 14.9 Å². The van der Waals surface area contributed by atoms with E-state index in [1.165, 1.54) is 11.8 Å². The Labute approximate surface area is 222 Å². The number of ether oxygens (including phenoxy) is 1. The van der Waals surface area contributed by atoms with Crippen LogP contribution < -0.4 is 4.74 Å². The van der Waals surface area contributed by atoms with Crippen LogP contribution >= 0.6 is 11.6 Å². The number of methoxy groups -OCH3 is 1. The fraction of sp³-hybridized carbons (Fsp3) is 0.483. The number of likely N-dealkylation sites (tertiary alicyclic amines) is 1. The van der Waals surface area contributed by atoms with Crippen molar-refractivity contribution < 1.29 is 19.0 Å². The van der Waals surface area contributed by atoms with E-state index in [0.29, 0.717) is 28.6 Å². The summed E-state index contributed by atoms with van der Waals surface area (Å²) in [6.45, 7) is 2.69. The van der Waals surface area contributed by atoms with Crippen LogP contribution in [0.15, 0.2) is 48.9 Å². The Bertz CT molecular complexity index is 1190. The van der Waals surface area contributed by atoms with Crippen molar-refractivity contribution in [3.63, 3.8) is 0 Å². The second-order valence-electron chi connectivity index (χ2n) is 10.1. The van der Waals surface area contributed by atoms with Gasteiger partial charge in [0.1, 0.15) is 11.9 Å². The smallest absolute Gasteiger partial charge is 0.303 e. The summed E-state index contributed by atoms with van der Waals surface area (Å²) in [6.07, 6.45) is 9.36. The van der Waals surface area contributed by atoms with Crippen LogP contribution in [0.3, 0.4) is 0 Å². The Morgan fingerprint density at radius 1 is 1.22 bits per heavy atom. The van der Waals surface area contributed by atoms with Crippen molar-refractivity contribution in [2.24, 2.45) is 5.41 Å². The number of unbranched alkanes of at least 4 members (excludes halogenated alkanes) is 1. The molecule has 1 saturated heterocycles. The highest BCUT2D eigenvalue weighted by molar-refractivity contribution is 6.32. The second-order valence-corrected chi connectivity index (χ2v) is 10.5. The molecule has 1 N–H and O–H groups in total. The van der Waals surface area contributed by atoms with Gasteiger partial charge in [-0.2, -0.15) is 0 Å². The van der Waals surface area contributed by atoms with Crippen molar-refractivity contribution in [2.45, 2.75) is 57.5 Å². The van der Waals surface area contributed by atoms with Gasteiger partial charge in [-0.15, -0.1) is 0 Å². The van der Waals surface area contributed by atoms with Gasteiger partial charge in [0.25, 0.3) is 0 Å². The number of hydrogen-bond acceptors (Lipinski definition) is 5. The number of carbonyl (C=O) groups is 1. The molecule has 0 bridgehead atoms. The molecule has 0 amide bonds. The normalized spacial score (nSPS) is 16.5. The van der Waals surface area contributed by atoms with E-state index in [-0.39, 0.29) is 17.9 Å². The maximum Gasteiger partial charge on any atom is 0.303 e. The minimum Gasteiger partial charge on any atom is -0.497 e. The Balaban J connectivity index is 1.35. The number of piperidine rings is 1. The molecule has 3 aromatic rings. The summed E-state index contributed by atoms with van der Waals surface area (Å²) in [5, 5.41) is 10.6. The van der Waals surface area contributed by atoms with E-state index in [0.717, 1.165) is 51.7 Å². The first kappa shape index (κ1) is 27.3. The average Bonchev–Trinajstić information content (AvgIpc) is 2.90. The third-order valence-electron chi connectivity index (χ3n) is 7.69. The van der Waals surface area contributed by atoms with Crippen LogP contribution in [0.25, 0.3) is 10.9 Å². The lowest BCUT2D eigenvalue weighted by molar-refractivity contribution is -0.141. The van der Waals surface area contributed by atoms with Gasteiger partial charge in [-0.1, -0.05) is 11.6 Å². The van der Waals surface area contributed by atoms with Crippen molar-refractivity contribution in [1.29, 1.82) is 0 Å². The number of alkyl halides is 1. The molecule has 1 aliphatic rings. The predicted molar refractivity (Wildman–Crippen MR) is 144 cm³/mol. The van der Waals surface area contributed by atoms with Gasteiger partial charge >= 0.3 is 5.97 Å². The molecular weight excluding hydrogens is 493 g/mol. The third-order valence-corrected chi connectivity index (χ3v) is 7.99. The van der Waals surface area contributed by atoms with Gasteiger partial charge < -0.3 is 14.7 Å². The lowest BCUT2D eigenvalue weighted by Crippen LogP contribution is -2.41. The highest BCUT2D eigenvalue weighted by atomic mass is 35.5. The SMILES string of the molecule is COc1ccc2ncc(Cl)c([C@@H](F)CCC3(CC(=O)O)CCN(CCCCc4ccncc4)CC3)c2c1. The monoisotopic (exact) mass is 527 g/mol. The Hall–Kier alpha value is -2.77. The van der Waals surface area contributed by atoms with Gasteiger partial charge in [0, 0.05) is 29.5 Å². The number of rotatable bonds is 12. The number of halogens is 2. The summed E-state index contributed by atoms with van der Waals surface area (Å²) < 4.78 is 21.0. The Morgan fingerprint density at radius 2 is 1.97 bits per heavy atom. The van der Waals surface area contributed by atoms with E-state index < -0.39 is 17.6 Å². The Kier molecular flexibility index (Phi) is 9.33. The molecule has 1 aliphatic heterocycles. The minimum atomic E-state index is -1.32. The lowest BCUT2D eigenvalue weighted by atomic mass is 9.71.